The molecule has 0 radical (unpaired) electrons. The molecular weight excluding hydrogens is 707 g/mol. The topological polar surface area (TPSA) is 25.6 Å². The van der Waals surface area contributed by atoms with Crippen LogP contribution in [0.4, 0.5) is 17.6 Å². The zero-order valence-corrected chi connectivity index (χ0v) is 30.0. The lowest BCUT2D eigenvalue weighted by Crippen LogP contribution is -2.36. The number of hydrogen-bond acceptors (Lipinski definition) is 0. The summed E-state index contributed by atoms with van der Waals surface area (Å²) >= 11 is 0. The summed E-state index contributed by atoms with van der Waals surface area (Å²) in [7, 11) is 0. The van der Waals surface area contributed by atoms with Gasteiger partial charge in [-0.05, 0) is 138 Å². The number of rotatable bonds is 4. The normalized spacial score (nSPS) is 15.5. The van der Waals surface area contributed by atoms with Crippen LogP contribution in [0.2, 0.25) is 0 Å². The van der Waals surface area contributed by atoms with Gasteiger partial charge in [-0.1, -0.05) is 42.5 Å². The van der Waals surface area contributed by atoms with E-state index in [9.17, 15) is 13.2 Å². The molecule has 7 aromatic carbocycles. The minimum absolute atomic E-state index is 0.254. The average Bonchev–Trinajstić information content (AvgIpc) is 3.83. The number of nitrogens with one attached hydrogen (secondary N) is 1. The number of benzene rings is 7. The molecule has 11 rings (SSSR count). The number of fused-ring (bicyclic) bond motifs is 9. The summed E-state index contributed by atoms with van der Waals surface area (Å²) in [6.07, 6.45) is 3.78. The van der Waals surface area contributed by atoms with Crippen LogP contribution in [0.3, 0.4) is 0 Å². The van der Waals surface area contributed by atoms with E-state index in [0.717, 1.165) is 82.6 Å². The van der Waals surface area contributed by atoms with Crippen molar-refractivity contribution in [3.05, 3.63) is 168 Å². The Morgan fingerprint density at radius 2 is 0.929 bits per heavy atom. The second kappa shape index (κ2) is 11.8. The predicted octanol–water partition coefficient (Wildman–Crippen LogP) is 11.8. The van der Waals surface area contributed by atoms with Crippen molar-refractivity contribution in [1.82, 2.24) is 14.1 Å². The molecule has 3 nitrogen and oxygen atoms in total. The van der Waals surface area contributed by atoms with E-state index < -0.39 is 5.67 Å². The van der Waals surface area contributed by atoms with E-state index in [4.69, 9.17) is 0 Å². The van der Waals surface area contributed by atoms with Crippen molar-refractivity contribution in [2.45, 2.75) is 19.0 Å². The monoisotopic (exact) mass is 737 g/mol. The maximum absolute atomic E-state index is 15.1. The van der Waals surface area contributed by atoms with E-state index in [0.29, 0.717) is 16.2 Å². The second-order valence-electron chi connectivity index (χ2n) is 15.0. The van der Waals surface area contributed by atoms with Gasteiger partial charge in [0.05, 0.1) is 16.6 Å². The van der Waals surface area contributed by atoms with Gasteiger partial charge < -0.3 is 14.1 Å². The molecular formula is C49H31F4N3. The molecule has 3 aromatic heterocycles. The van der Waals surface area contributed by atoms with Crippen molar-refractivity contribution in [3.63, 3.8) is 0 Å². The summed E-state index contributed by atoms with van der Waals surface area (Å²) in [6, 6.07) is 43.4. The van der Waals surface area contributed by atoms with E-state index in [1.54, 1.807) is 31.2 Å². The molecule has 0 bridgehead atoms. The number of aromatic nitrogens is 3. The molecule has 0 saturated carbocycles. The van der Waals surface area contributed by atoms with Gasteiger partial charge in [0.15, 0.2) is 0 Å². The van der Waals surface area contributed by atoms with Crippen LogP contribution in [0.25, 0.3) is 100 Å². The second-order valence-corrected chi connectivity index (χ2v) is 15.0. The van der Waals surface area contributed by atoms with Crippen molar-refractivity contribution in [2.75, 3.05) is 0 Å². The molecule has 1 unspecified atom stereocenters. The molecule has 3 heterocycles. The summed E-state index contributed by atoms with van der Waals surface area (Å²) in [6.45, 7) is 1.55. The number of nitrogens with zero attached hydrogens (tertiary/aromatic N) is 2. The van der Waals surface area contributed by atoms with Crippen LogP contribution in [0.1, 0.15) is 13.3 Å². The zero-order valence-electron chi connectivity index (χ0n) is 30.0. The molecule has 0 aliphatic heterocycles. The molecule has 1 aliphatic rings. The first-order valence-corrected chi connectivity index (χ1v) is 18.6. The number of halogens is 4. The van der Waals surface area contributed by atoms with E-state index in [1.165, 1.54) is 36.4 Å². The minimum atomic E-state index is -1.49. The smallest absolute Gasteiger partial charge is 0.130 e. The molecule has 10 aromatic rings. The summed E-state index contributed by atoms with van der Waals surface area (Å²) < 4.78 is 62.1. The van der Waals surface area contributed by atoms with Crippen molar-refractivity contribution >= 4 is 66.7 Å². The first-order valence-electron chi connectivity index (χ1n) is 18.6. The fourth-order valence-corrected chi connectivity index (χ4v) is 8.70. The minimum Gasteiger partial charge on any atom is -0.355 e. The Morgan fingerprint density at radius 1 is 0.482 bits per heavy atom. The maximum atomic E-state index is 15.1. The van der Waals surface area contributed by atoms with Crippen LogP contribution in [0, 0.1) is 17.5 Å². The first-order chi connectivity index (χ1) is 27.2. The fourth-order valence-electron chi connectivity index (χ4n) is 8.70. The Kier molecular flexibility index (Phi) is 6.87. The number of alkyl halides is 1. The van der Waals surface area contributed by atoms with Crippen LogP contribution < -0.4 is 10.6 Å². The summed E-state index contributed by atoms with van der Waals surface area (Å²) in [4.78, 5) is 3.57. The molecule has 1 aliphatic carbocycles. The third-order valence-corrected chi connectivity index (χ3v) is 11.4. The summed E-state index contributed by atoms with van der Waals surface area (Å²) in [5.74, 6) is -1.07. The lowest BCUT2D eigenvalue weighted by atomic mass is 9.98. The van der Waals surface area contributed by atoms with Crippen molar-refractivity contribution in [2.24, 2.45) is 0 Å². The van der Waals surface area contributed by atoms with Crippen LogP contribution in [0.5, 0.6) is 0 Å². The molecule has 0 amide bonds. The Balaban J connectivity index is 0.952. The third kappa shape index (κ3) is 5.04. The van der Waals surface area contributed by atoms with Gasteiger partial charge in [0.1, 0.15) is 23.1 Å². The maximum Gasteiger partial charge on any atom is 0.130 e. The number of aromatic amines is 1. The van der Waals surface area contributed by atoms with E-state index in [-0.39, 0.29) is 23.9 Å². The lowest BCUT2D eigenvalue weighted by molar-refractivity contribution is 0.286. The van der Waals surface area contributed by atoms with Gasteiger partial charge in [0, 0.05) is 66.3 Å². The molecule has 56 heavy (non-hydrogen) atoms. The first kappa shape index (κ1) is 32.6. The van der Waals surface area contributed by atoms with E-state index in [1.807, 2.05) is 22.8 Å². The highest BCUT2D eigenvalue weighted by Gasteiger charge is 2.24. The molecule has 0 spiro atoms. The molecule has 7 heteroatoms. The number of H-pyrrole nitrogens is 1. The van der Waals surface area contributed by atoms with Gasteiger partial charge in [0.25, 0.3) is 0 Å². The standard InChI is InChI=1S/C49H31F4N3/c1-49(53)21-20-48-42(27-49)41-26-34(52)10-19-47(41)56(48)36-13-4-29(5-14-36)31-7-16-44-38(23-31)37-22-30(6-15-43(37)54-44)28-2-11-35(12-3-28)55-45-17-8-32(50)24-39(45)40-25-33(51)9-18-46(40)55/h2-20,22-27,54H,21H2,1H3. The van der Waals surface area contributed by atoms with Crippen molar-refractivity contribution in [1.29, 1.82) is 0 Å². The summed E-state index contributed by atoms with van der Waals surface area (Å²) in [5.41, 5.74) is 9.08. The SMILES string of the molecule is CC1(F)C=c2c(n(-c3ccc(-c4ccc5[nH]c6ccc(-c7ccc(-n8c9ccc(F)cc9c9cc(F)ccc98)cc7)cc6c5c4)cc3)c3ccc(F)cc23)=CC1. The van der Waals surface area contributed by atoms with Crippen LogP contribution in [-0.4, -0.2) is 19.8 Å². The number of hydrogen-bond donors (Lipinski definition) is 1. The Labute approximate surface area is 317 Å². The Bertz CT molecular complexity index is 3320. The van der Waals surface area contributed by atoms with Gasteiger partial charge in [-0.15, -0.1) is 0 Å². The van der Waals surface area contributed by atoms with Crippen LogP contribution in [0.15, 0.2) is 140 Å². The summed E-state index contributed by atoms with van der Waals surface area (Å²) in [5, 5.41) is 5.84. The molecule has 1 N–H and O–H groups in total. The Morgan fingerprint density at radius 3 is 1.45 bits per heavy atom. The quantitative estimate of drug-likeness (QED) is 0.174. The van der Waals surface area contributed by atoms with E-state index in [2.05, 4.69) is 82.3 Å². The molecule has 270 valence electrons. The van der Waals surface area contributed by atoms with Gasteiger partial charge in [0.2, 0.25) is 0 Å². The average molecular weight is 738 g/mol. The van der Waals surface area contributed by atoms with Crippen molar-refractivity contribution < 1.29 is 17.6 Å². The van der Waals surface area contributed by atoms with Crippen molar-refractivity contribution in [3.8, 4) is 33.6 Å². The fraction of sp³-hybridized carbons (Fsp3) is 0.0612. The van der Waals surface area contributed by atoms with Gasteiger partial charge in [-0.25, -0.2) is 17.6 Å². The highest BCUT2D eigenvalue weighted by molar-refractivity contribution is 6.10. The molecule has 0 saturated heterocycles. The van der Waals surface area contributed by atoms with E-state index >= 15 is 4.39 Å². The lowest BCUT2D eigenvalue weighted by Gasteiger charge is -2.16. The predicted molar refractivity (Wildman–Crippen MR) is 220 cm³/mol. The molecule has 0 fully saturated rings. The largest absolute Gasteiger partial charge is 0.355 e. The van der Waals surface area contributed by atoms with Crippen LogP contribution >= 0.6 is 0 Å². The van der Waals surface area contributed by atoms with Gasteiger partial charge >= 0.3 is 0 Å². The highest BCUT2D eigenvalue weighted by Crippen LogP contribution is 2.36. The van der Waals surface area contributed by atoms with Gasteiger partial charge in [-0.2, -0.15) is 0 Å². The third-order valence-electron chi connectivity index (χ3n) is 11.4. The zero-order chi connectivity index (χ0) is 37.9. The molecule has 1 atom stereocenters. The van der Waals surface area contributed by atoms with Gasteiger partial charge in [-0.3, -0.25) is 0 Å². The Hall–Kier alpha value is -6.86. The van der Waals surface area contributed by atoms with Crippen LogP contribution in [-0.2, 0) is 0 Å². The highest BCUT2D eigenvalue weighted by atomic mass is 19.1.